The molecule has 0 spiro atoms. The molecule has 0 aliphatic carbocycles. The Morgan fingerprint density at radius 1 is 1.28 bits per heavy atom. The molecule has 1 atom stereocenters. The largest absolute Gasteiger partial charge is 0.310 e. The van der Waals surface area contributed by atoms with Gasteiger partial charge in [0, 0.05) is 16.1 Å². The Morgan fingerprint density at radius 2 is 2.11 bits per heavy atom. The Hall–Kier alpha value is -0.540. The zero-order valence-corrected chi connectivity index (χ0v) is 12.4. The van der Waals surface area contributed by atoms with Gasteiger partial charge in [0.25, 0.3) is 0 Å². The smallest absolute Gasteiger partial charge is 0.0454 e. The van der Waals surface area contributed by atoms with E-state index in [1.807, 2.05) is 18.2 Å². The molecule has 18 heavy (non-hydrogen) atoms. The van der Waals surface area contributed by atoms with Crippen LogP contribution in [0.15, 0.2) is 35.0 Å². The van der Waals surface area contributed by atoms with Crippen molar-refractivity contribution in [1.82, 2.24) is 5.32 Å². The van der Waals surface area contributed by atoms with E-state index in [9.17, 15) is 0 Å². The fraction of sp³-hybridized carbons (Fsp3) is 0.286. The lowest BCUT2D eigenvalue weighted by Crippen LogP contribution is -2.21. The Kier molecular flexibility index (Phi) is 5.07. The second-order valence-corrected chi connectivity index (χ2v) is 5.85. The molecule has 2 aromatic rings. The summed E-state index contributed by atoms with van der Waals surface area (Å²) >= 11 is 13.9. The molecule has 0 saturated carbocycles. The maximum atomic E-state index is 6.17. The van der Waals surface area contributed by atoms with E-state index in [1.165, 1.54) is 5.56 Å². The van der Waals surface area contributed by atoms with Crippen molar-refractivity contribution in [2.45, 2.75) is 19.4 Å². The molecule has 0 bridgehead atoms. The number of rotatable bonds is 5. The van der Waals surface area contributed by atoms with Crippen LogP contribution in [-0.4, -0.2) is 6.54 Å². The van der Waals surface area contributed by atoms with Crippen LogP contribution in [0, 0.1) is 0 Å². The number of hydrogen-bond donors (Lipinski definition) is 1. The van der Waals surface area contributed by atoms with Gasteiger partial charge in [-0.15, -0.1) is 0 Å². The molecule has 0 radical (unpaired) electrons. The van der Waals surface area contributed by atoms with Crippen molar-refractivity contribution in [3.63, 3.8) is 0 Å². The molecule has 1 heterocycles. The van der Waals surface area contributed by atoms with Gasteiger partial charge in [0.15, 0.2) is 0 Å². The fourth-order valence-corrected chi connectivity index (χ4v) is 2.99. The summed E-state index contributed by atoms with van der Waals surface area (Å²) in [6, 6.07) is 7.94. The summed E-state index contributed by atoms with van der Waals surface area (Å²) in [4.78, 5) is 0. The van der Waals surface area contributed by atoms with E-state index >= 15 is 0 Å². The lowest BCUT2D eigenvalue weighted by atomic mass is 10.1. The van der Waals surface area contributed by atoms with E-state index in [0.717, 1.165) is 28.6 Å². The lowest BCUT2D eigenvalue weighted by molar-refractivity contribution is 0.577. The van der Waals surface area contributed by atoms with Gasteiger partial charge in [-0.1, -0.05) is 23.2 Å². The molecule has 96 valence electrons. The molecule has 0 amide bonds. The third kappa shape index (κ3) is 3.72. The van der Waals surface area contributed by atoms with Gasteiger partial charge in [-0.2, -0.15) is 11.3 Å². The minimum Gasteiger partial charge on any atom is -0.310 e. The highest BCUT2D eigenvalue weighted by Gasteiger charge is 2.09. The first-order valence-electron chi connectivity index (χ1n) is 5.86. The van der Waals surface area contributed by atoms with Crippen LogP contribution >= 0.6 is 34.5 Å². The van der Waals surface area contributed by atoms with Crippen LogP contribution in [0.3, 0.4) is 0 Å². The molecule has 1 unspecified atom stereocenters. The minimum absolute atomic E-state index is 0.204. The summed E-state index contributed by atoms with van der Waals surface area (Å²) in [6.07, 6.45) is 1.03. The lowest BCUT2D eigenvalue weighted by Gasteiger charge is -2.15. The van der Waals surface area contributed by atoms with Crippen molar-refractivity contribution in [2.24, 2.45) is 0 Å². The van der Waals surface area contributed by atoms with Gasteiger partial charge in [0.05, 0.1) is 0 Å². The van der Waals surface area contributed by atoms with Crippen LogP contribution in [0.5, 0.6) is 0 Å². The summed E-state index contributed by atoms with van der Waals surface area (Å²) in [5, 5.41) is 9.23. The van der Waals surface area contributed by atoms with Crippen LogP contribution in [0.25, 0.3) is 0 Å². The molecule has 1 aromatic heterocycles. The average Bonchev–Trinajstić information content (AvgIpc) is 2.85. The Labute approximate surface area is 122 Å². The second-order valence-electron chi connectivity index (χ2n) is 4.22. The van der Waals surface area contributed by atoms with Crippen molar-refractivity contribution in [1.29, 1.82) is 0 Å². The van der Waals surface area contributed by atoms with Gasteiger partial charge < -0.3 is 5.32 Å². The molecule has 0 fully saturated rings. The third-order valence-corrected chi connectivity index (χ3v) is 4.18. The van der Waals surface area contributed by atoms with Gasteiger partial charge in [-0.25, -0.2) is 0 Å². The first-order valence-corrected chi connectivity index (χ1v) is 7.56. The molecule has 1 aromatic carbocycles. The van der Waals surface area contributed by atoms with E-state index in [0.29, 0.717) is 0 Å². The van der Waals surface area contributed by atoms with E-state index in [4.69, 9.17) is 23.2 Å². The molecular weight excluding hydrogens is 285 g/mol. The van der Waals surface area contributed by atoms with Crippen molar-refractivity contribution >= 4 is 34.5 Å². The van der Waals surface area contributed by atoms with Crippen molar-refractivity contribution in [3.05, 3.63) is 56.2 Å². The average molecular weight is 300 g/mol. The third-order valence-electron chi connectivity index (χ3n) is 2.87. The van der Waals surface area contributed by atoms with Gasteiger partial charge in [0.1, 0.15) is 0 Å². The summed E-state index contributed by atoms with van der Waals surface area (Å²) in [5.74, 6) is 0. The zero-order valence-electron chi connectivity index (χ0n) is 10.1. The van der Waals surface area contributed by atoms with Crippen LogP contribution in [0.4, 0.5) is 0 Å². The van der Waals surface area contributed by atoms with Crippen LogP contribution in [0.2, 0.25) is 10.0 Å². The minimum atomic E-state index is 0.204. The standard InChI is InChI=1S/C14H15Cl2NS/c1-10(13-8-12(15)2-3-14(13)16)17-6-4-11-5-7-18-9-11/h2-3,5,7-10,17H,4,6H2,1H3. The Bertz CT molecular complexity index is 497. The molecule has 0 saturated heterocycles. The van der Waals surface area contributed by atoms with Gasteiger partial charge >= 0.3 is 0 Å². The fourth-order valence-electron chi connectivity index (χ4n) is 1.82. The Balaban J connectivity index is 1.91. The maximum Gasteiger partial charge on any atom is 0.0454 e. The van der Waals surface area contributed by atoms with Crippen LogP contribution in [-0.2, 0) is 6.42 Å². The van der Waals surface area contributed by atoms with Crippen LogP contribution in [0.1, 0.15) is 24.1 Å². The second kappa shape index (κ2) is 6.58. The van der Waals surface area contributed by atoms with Crippen LogP contribution < -0.4 is 5.32 Å². The van der Waals surface area contributed by atoms with E-state index in [1.54, 1.807) is 11.3 Å². The highest BCUT2D eigenvalue weighted by molar-refractivity contribution is 7.07. The van der Waals surface area contributed by atoms with E-state index in [-0.39, 0.29) is 6.04 Å². The number of thiophene rings is 1. The molecule has 0 aliphatic heterocycles. The number of benzene rings is 1. The van der Waals surface area contributed by atoms with Gasteiger partial charge in [-0.05, 0) is 66.0 Å². The molecule has 2 rings (SSSR count). The van der Waals surface area contributed by atoms with Gasteiger partial charge in [-0.3, -0.25) is 0 Å². The highest BCUT2D eigenvalue weighted by Crippen LogP contribution is 2.26. The highest BCUT2D eigenvalue weighted by atomic mass is 35.5. The summed E-state index contributed by atoms with van der Waals surface area (Å²) < 4.78 is 0. The monoisotopic (exact) mass is 299 g/mol. The zero-order chi connectivity index (χ0) is 13.0. The Morgan fingerprint density at radius 3 is 2.83 bits per heavy atom. The van der Waals surface area contributed by atoms with Crippen molar-refractivity contribution in [2.75, 3.05) is 6.54 Å². The van der Waals surface area contributed by atoms with Crippen molar-refractivity contribution < 1.29 is 0 Å². The van der Waals surface area contributed by atoms with Gasteiger partial charge in [0.2, 0.25) is 0 Å². The predicted octanol–water partition coefficient (Wildman–Crippen LogP) is 4.95. The molecule has 1 N–H and O–H groups in total. The molecule has 4 heteroatoms. The first kappa shape index (κ1) is 13.9. The molecular formula is C14H15Cl2NS. The van der Waals surface area contributed by atoms with E-state index in [2.05, 4.69) is 29.1 Å². The quantitative estimate of drug-likeness (QED) is 0.824. The molecule has 1 nitrogen and oxygen atoms in total. The van der Waals surface area contributed by atoms with E-state index < -0.39 is 0 Å². The normalized spacial score (nSPS) is 12.6. The molecule has 0 aliphatic rings. The number of halogens is 2. The predicted molar refractivity (Wildman–Crippen MR) is 80.9 cm³/mol. The maximum absolute atomic E-state index is 6.17. The number of hydrogen-bond acceptors (Lipinski definition) is 2. The number of nitrogens with one attached hydrogen (secondary N) is 1. The summed E-state index contributed by atoms with van der Waals surface area (Å²) in [7, 11) is 0. The topological polar surface area (TPSA) is 12.0 Å². The van der Waals surface area contributed by atoms with Crippen molar-refractivity contribution in [3.8, 4) is 0 Å². The first-order chi connectivity index (χ1) is 8.66. The summed E-state index contributed by atoms with van der Waals surface area (Å²) in [5.41, 5.74) is 2.42. The SMILES string of the molecule is CC(NCCc1ccsc1)c1cc(Cl)ccc1Cl. The summed E-state index contributed by atoms with van der Waals surface area (Å²) in [6.45, 7) is 3.03.